The fourth-order valence-corrected chi connectivity index (χ4v) is 3.13. The van der Waals surface area contributed by atoms with E-state index in [2.05, 4.69) is 68.2 Å². The van der Waals surface area contributed by atoms with Gasteiger partial charge in [-0.3, -0.25) is 5.41 Å². The fourth-order valence-electron chi connectivity index (χ4n) is 3.13. The van der Waals surface area contributed by atoms with Crippen LogP contribution in [0.25, 0.3) is 0 Å². The third-order valence-electron chi connectivity index (χ3n) is 4.44. The Morgan fingerprint density at radius 3 is 1.93 bits per heavy atom. The van der Waals surface area contributed by atoms with Crippen molar-refractivity contribution in [3.8, 4) is 0 Å². The first-order valence-corrected chi connectivity index (χ1v) is 10.6. The molecule has 154 valence electrons. The first-order valence-electron chi connectivity index (χ1n) is 10.6. The zero-order valence-corrected chi connectivity index (χ0v) is 19.5. The third kappa shape index (κ3) is 8.65. The molecule has 0 aromatic heterocycles. The number of aryl methyl sites for hydroxylation is 3. The van der Waals surface area contributed by atoms with Gasteiger partial charge in [0.05, 0.1) is 0 Å². The molecule has 1 N–H and O–H groups in total. The predicted molar refractivity (Wildman–Crippen MR) is 127 cm³/mol. The van der Waals surface area contributed by atoms with Crippen LogP contribution in [0, 0.1) is 26.2 Å². The van der Waals surface area contributed by atoms with Crippen LogP contribution >= 0.6 is 0 Å². The maximum atomic E-state index is 7.54. The van der Waals surface area contributed by atoms with Crippen LogP contribution in [0.15, 0.2) is 47.5 Å². The molecular formula is C26H40N2. The van der Waals surface area contributed by atoms with Crippen molar-refractivity contribution in [1.82, 2.24) is 0 Å². The molecule has 0 bridgehead atoms. The van der Waals surface area contributed by atoms with E-state index in [0.717, 1.165) is 18.6 Å². The minimum absolute atomic E-state index is 0.363. The summed E-state index contributed by atoms with van der Waals surface area (Å²) in [5.41, 5.74) is 7.71. The highest BCUT2D eigenvalue weighted by molar-refractivity contribution is 5.94. The van der Waals surface area contributed by atoms with Crippen LogP contribution in [0.4, 0.5) is 0 Å². The van der Waals surface area contributed by atoms with Crippen molar-refractivity contribution >= 4 is 11.5 Å². The van der Waals surface area contributed by atoms with Crippen LogP contribution in [0.2, 0.25) is 0 Å². The van der Waals surface area contributed by atoms with Gasteiger partial charge in [-0.25, -0.2) is 4.99 Å². The number of nitrogens with one attached hydrogen (secondary N) is 1. The van der Waals surface area contributed by atoms with E-state index >= 15 is 0 Å². The molecule has 2 heteroatoms. The average molecular weight is 381 g/mol. The molecule has 0 aliphatic carbocycles. The van der Waals surface area contributed by atoms with Crippen molar-refractivity contribution in [3.63, 3.8) is 0 Å². The van der Waals surface area contributed by atoms with Crippen LogP contribution < -0.4 is 0 Å². The molecule has 1 atom stereocenters. The summed E-state index contributed by atoms with van der Waals surface area (Å²) >= 11 is 0. The summed E-state index contributed by atoms with van der Waals surface area (Å²) < 4.78 is 0. The van der Waals surface area contributed by atoms with E-state index < -0.39 is 0 Å². The van der Waals surface area contributed by atoms with Crippen LogP contribution in [0.5, 0.6) is 0 Å². The number of rotatable bonds is 5. The Morgan fingerprint density at radius 2 is 1.39 bits per heavy atom. The van der Waals surface area contributed by atoms with Crippen molar-refractivity contribution in [1.29, 1.82) is 5.41 Å². The number of hydrogen-bond acceptors (Lipinski definition) is 1. The molecule has 2 rings (SSSR count). The predicted octanol–water partition coefficient (Wildman–Crippen LogP) is 8.03. The lowest BCUT2D eigenvalue weighted by molar-refractivity contribution is 0.736. The molecule has 0 saturated heterocycles. The Balaban J connectivity index is 0.00000171. The lowest BCUT2D eigenvalue weighted by Crippen LogP contribution is -2.07. The summed E-state index contributed by atoms with van der Waals surface area (Å²) in [7, 11) is 0. The molecule has 2 aromatic carbocycles. The number of amidine groups is 1. The average Bonchev–Trinajstić information content (AvgIpc) is 2.68. The van der Waals surface area contributed by atoms with Gasteiger partial charge in [-0.15, -0.1) is 0 Å². The second kappa shape index (κ2) is 13.9. The largest absolute Gasteiger partial charge is 0.287 e. The van der Waals surface area contributed by atoms with Crippen LogP contribution in [-0.4, -0.2) is 11.5 Å². The van der Waals surface area contributed by atoms with Gasteiger partial charge in [-0.05, 0) is 64.2 Å². The minimum atomic E-state index is 0.363. The number of aliphatic imine (C=N–C) groups is 1. The van der Waals surface area contributed by atoms with Gasteiger partial charge in [-0.2, -0.15) is 0 Å². The van der Waals surface area contributed by atoms with E-state index in [0.29, 0.717) is 11.8 Å². The highest BCUT2D eigenvalue weighted by Gasteiger charge is 2.17. The van der Waals surface area contributed by atoms with Gasteiger partial charge in [0.25, 0.3) is 0 Å². The summed E-state index contributed by atoms with van der Waals surface area (Å²) in [4.78, 5) is 4.29. The molecule has 0 radical (unpaired) electrons. The third-order valence-corrected chi connectivity index (χ3v) is 4.44. The molecule has 2 nitrogen and oxygen atoms in total. The SMILES string of the molecule is CC.CC.CC(=N)N=C(C)CCC(c1ccc(C)cc1)c1cc(C)ccc1C. The van der Waals surface area contributed by atoms with Crippen LogP contribution in [-0.2, 0) is 0 Å². The summed E-state index contributed by atoms with van der Waals surface area (Å²) in [5, 5.41) is 7.54. The summed E-state index contributed by atoms with van der Waals surface area (Å²) in [6.07, 6.45) is 1.91. The molecule has 28 heavy (non-hydrogen) atoms. The van der Waals surface area contributed by atoms with Crippen LogP contribution in [0.1, 0.15) is 88.1 Å². The normalized spacial score (nSPS) is 11.5. The van der Waals surface area contributed by atoms with Gasteiger partial charge in [0.15, 0.2) is 0 Å². The Morgan fingerprint density at radius 1 is 0.857 bits per heavy atom. The summed E-state index contributed by atoms with van der Waals surface area (Å²) in [6, 6.07) is 15.6. The summed E-state index contributed by atoms with van der Waals surface area (Å²) in [5.74, 6) is 0.743. The Hall–Kier alpha value is -2.22. The number of nitrogens with zero attached hydrogens (tertiary/aromatic N) is 1. The molecule has 0 saturated carbocycles. The van der Waals surface area contributed by atoms with Crippen molar-refractivity contribution in [3.05, 3.63) is 70.3 Å². The lowest BCUT2D eigenvalue weighted by Gasteiger charge is -2.21. The van der Waals surface area contributed by atoms with E-state index in [9.17, 15) is 0 Å². The molecule has 0 fully saturated rings. The monoisotopic (exact) mass is 380 g/mol. The second-order valence-electron chi connectivity index (χ2n) is 6.79. The Bertz CT molecular complexity index is 740. The van der Waals surface area contributed by atoms with Gasteiger partial charge in [0.2, 0.25) is 0 Å². The van der Waals surface area contributed by atoms with Gasteiger partial charge in [-0.1, -0.05) is 81.3 Å². The highest BCUT2D eigenvalue weighted by atomic mass is 14.8. The van der Waals surface area contributed by atoms with Crippen molar-refractivity contribution < 1.29 is 0 Å². The van der Waals surface area contributed by atoms with E-state index in [1.807, 2.05) is 34.6 Å². The number of hydrogen-bond donors (Lipinski definition) is 1. The number of benzene rings is 2. The summed E-state index contributed by atoms with van der Waals surface area (Å²) in [6.45, 7) is 18.2. The first kappa shape index (κ1) is 25.8. The topological polar surface area (TPSA) is 36.2 Å². The molecule has 2 aromatic rings. The van der Waals surface area contributed by atoms with Gasteiger partial charge >= 0.3 is 0 Å². The van der Waals surface area contributed by atoms with E-state index in [1.54, 1.807) is 6.92 Å². The molecule has 0 spiro atoms. The standard InChI is InChI=1S/C22H28N2.2C2H6/c1-15-7-11-20(12-8-15)21(13-10-18(4)24-19(5)23)22-14-16(2)6-9-17(22)3;2*1-2/h6-9,11-12,14,21,23H,10,13H2,1-5H3;2*1-2H3. The minimum Gasteiger partial charge on any atom is -0.287 e. The van der Waals surface area contributed by atoms with Crippen molar-refractivity contribution in [2.24, 2.45) is 4.99 Å². The van der Waals surface area contributed by atoms with E-state index in [-0.39, 0.29) is 0 Å². The quantitative estimate of drug-likeness (QED) is 0.402. The van der Waals surface area contributed by atoms with Gasteiger partial charge in [0, 0.05) is 11.6 Å². The molecule has 0 amide bonds. The smallest absolute Gasteiger partial charge is 0.117 e. The maximum Gasteiger partial charge on any atom is 0.117 e. The zero-order valence-electron chi connectivity index (χ0n) is 19.5. The van der Waals surface area contributed by atoms with Gasteiger partial charge < -0.3 is 0 Å². The second-order valence-corrected chi connectivity index (χ2v) is 6.79. The van der Waals surface area contributed by atoms with Gasteiger partial charge in [0.1, 0.15) is 5.84 Å². The first-order chi connectivity index (χ1) is 13.4. The van der Waals surface area contributed by atoms with E-state index in [4.69, 9.17) is 5.41 Å². The Kier molecular flexibility index (Phi) is 12.8. The highest BCUT2D eigenvalue weighted by Crippen LogP contribution is 2.32. The Labute approximate surface area is 173 Å². The molecule has 0 aliphatic heterocycles. The molecular weight excluding hydrogens is 340 g/mol. The van der Waals surface area contributed by atoms with Crippen LogP contribution in [0.3, 0.4) is 0 Å². The maximum absolute atomic E-state index is 7.54. The van der Waals surface area contributed by atoms with E-state index in [1.165, 1.54) is 27.8 Å². The fraction of sp³-hybridized carbons (Fsp3) is 0.462. The molecule has 0 heterocycles. The lowest BCUT2D eigenvalue weighted by atomic mass is 9.83. The van der Waals surface area contributed by atoms with Crippen molar-refractivity contribution in [2.45, 2.75) is 81.1 Å². The zero-order chi connectivity index (χ0) is 21.7. The molecule has 0 aliphatic rings. The molecule has 1 unspecified atom stereocenters. The van der Waals surface area contributed by atoms with Crippen molar-refractivity contribution in [2.75, 3.05) is 0 Å².